The molecule has 0 bridgehead atoms. The minimum atomic E-state index is 0.738. The molecule has 0 spiro atoms. The number of benzene rings is 2. The van der Waals surface area contributed by atoms with Crippen LogP contribution in [0.15, 0.2) is 53.4 Å². The normalized spacial score (nSPS) is 10.1. The molecule has 0 aliphatic heterocycles. The first kappa shape index (κ1) is 9.16. The molecule has 70 valence electrons. The second-order valence-electron chi connectivity index (χ2n) is 3.10. The van der Waals surface area contributed by atoms with Gasteiger partial charge < -0.3 is 5.73 Å². The van der Waals surface area contributed by atoms with E-state index in [1.54, 1.807) is 0 Å². The zero-order valence-corrected chi connectivity index (χ0v) is 8.54. The molecule has 0 amide bonds. The first-order valence-electron chi connectivity index (χ1n) is 4.42. The van der Waals surface area contributed by atoms with Crippen LogP contribution in [0.4, 0.5) is 5.69 Å². The van der Waals surface area contributed by atoms with Crippen LogP contribution < -0.4 is 5.73 Å². The molecule has 0 fully saturated rings. The number of hydrogen-bond donors (Lipinski definition) is 2. The molecule has 0 saturated carbocycles. The highest BCUT2D eigenvalue weighted by Crippen LogP contribution is 2.29. The smallest absolute Gasteiger partial charge is 0.0529 e. The van der Waals surface area contributed by atoms with E-state index >= 15 is 0 Å². The Morgan fingerprint density at radius 1 is 0.857 bits per heavy atom. The van der Waals surface area contributed by atoms with Crippen LogP contribution in [0.25, 0.3) is 11.1 Å². The topological polar surface area (TPSA) is 26.0 Å². The SMILES string of the molecule is Nc1c(S)cccc1-c1ccccc1. The lowest BCUT2D eigenvalue weighted by Crippen LogP contribution is -1.91. The van der Waals surface area contributed by atoms with Crippen molar-refractivity contribution in [2.75, 3.05) is 5.73 Å². The summed E-state index contributed by atoms with van der Waals surface area (Å²) < 4.78 is 0. The molecule has 2 heteroatoms. The zero-order valence-electron chi connectivity index (χ0n) is 7.64. The summed E-state index contributed by atoms with van der Waals surface area (Å²) in [4.78, 5) is 0.825. The Balaban J connectivity index is 2.58. The average molecular weight is 201 g/mol. The average Bonchev–Trinajstić information content (AvgIpc) is 2.23. The zero-order chi connectivity index (χ0) is 9.97. The quantitative estimate of drug-likeness (QED) is 0.537. The lowest BCUT2D eigenvalue weighted by molar-refractivity contribution is 1.46. The third-order valence-electron chi connectivity index (χ3n) is 2.17. The van der Waals surface area contributed by atoms with Crippen LogP contribution in [0.3, 0.4) is 0 Å². The fourth-order valence-corrected chi connectivity index (χ4v) is 1.63. The van der Waals surface area contributed by atoms with Crippen molar-refractivity contribution in [3.8, 4) is 11.1 Å². The van der Waals surface area contributed by atoms with Crippen molar-refractivity contribution >= 4 is 18.3 Å². The summed E-state index contributed by atoms with van der Waals surface area (Å²) in [5.41, 5.74) is 8.84. The van der Waals surface area contributed by atoms with Gasteiger partial charge in [-0.1, -0.05) is 42.5 Å². The number of thiol groups is 1. The molecule has 0 aliphatic carbocycles. The Bertz CT molecular complexity index is 437. The molecule has 0 radical (unpaired) electrons. The maximum Gasteiger partial charge on any atom is 0.0529 e. The predicted molar refractivity (Wildman–Crippen MR) is 63.5 cm³/mol. The van der Waals surface area contributed by atoms with Gasteiger partial charge in [-0.05, 0) is 11.6 Å². The van der Waals surface area contributed by atoms with Crippen LogP contribution in [0.2, 0.25) is 0 Å². The molecule has 2 rings (SSSR count). The minimum Gasteiger partial charge on any atom is -0.397 e. The van der Waals surface area contributed by atoms with Gasteiger partial charge in [-0.2, -0.15) is 0 Å². The third-order valence-corrected chi connectivity index (χ3v) is 2.56. The number of nitrogen functional groups attached to an aromatic ring is 1. The van der Waals surface area contributed by atoms with Gasteiger partial charge >= 0.3 is 0 Å². The summed E-state index contributed by atoms with van der Waals surface area (Å²) in [6.07, 6.45) is 0. The number of anilines is 1. The van der Waals surface area contributed by atoms with Crippen molar-refractivity contribution in [3.05, 3.63) is 48.5 Å². The van der Waals surface area contributed by atoms with Crippen LogP contribution >= 0.6 is 12.6 Å². The van der Waals surface area contributed by atoms with E-state index < -0.39 is 0 Å². The molecule has 2 aromatic rings. The van der Waals surface area contributed by atoms with E-state index in [2.05, 4.69) is 12.6 Å². The third kappa shape index (κ3) is 1.61. The van der Waals surface area contributed by atoms with E-state index in [0.29, 0.717) is 0 Å². The highest BCUT2D eigenvalue weighted by atomic mass is 32.1. The van der Waals surface area contributed by atoms with Crippen LogP contribution in [0.5, 0.6) is 0 Å². The molecular formula is C12H11NS. The van der Waals surface area contributed by atoms with Gasteiger partial charge in [-0.15, -0.1) is 12.6 Å². The van der Waals surface area contributed by atoms with Crippen molar-refractivity contribution < 1.29 is 0 Å². The summed E-state index contributed by atoms with van der Waals surface area (Å²) >= 11 is 4.29. The van der Waals surface area contributed by atoms with Crippen molar-refractivity contribution in [2.45, 2.75) is 4.90 Å². The number of nitrogens with two attached hydrogens (primary N) is 1. The summed E-state index contributed by atoms with van der Waals surface area (Å²) in [6, 6.07) is 15.9. The fraction of sp³-hybridized carbons (Fsp3) is 0. The monoisotopic (exact) mass is 201 g/mol. The van der Waals surface area contributed by atoms with Gasteiger partial charge in [0.2, 0.25) is 0 Å². The maximum atomic E-state index is 5.94. The highest BCUT2D eigenvalue weighted by molar-refractivity contribution is 7.80. The Morgan fingerprint density at radius 3 is 2.29 bits per heavy atom. The summed E-state index contributed by atoms with van der Waals surface area (Å²) in [6.45, 7) is 0. The summed E-state index contributed by atoms with van der Waals surface area (Å²) in [5, 5.41) is 0. The molecule has 0 saturated heterocycles. The molecule has 0 aromatic heterocycles. The fourth-order valence-electron chi connectivity index (χ4n) is 1.42. The largest absolute Gasteiger partial charge is 0.397 e. The lowest BCUT2D eigenvalue weighted by atomic mass is 10.0. The van der Waals surface area contributed by atoms with Gasteiger partial charge in [0.05, 0.1) is 5.69 Å². The molecule has 0 heterocycles. The van der Waals surface area contributed by atoms with E-state index in [-0.39, 0.29) is 0 Å². The van der Waals surface area contributed by atoms with Crippen molar-refractivity contribution in [1.29, 1.82) is 0 Å². The molecule has 0 unspecified atom stereocenters. The Kier molecular flexibility index (Phi) is 2.46. The standard InChI is InChI=1S/C12H11NS/c13-12-10(7-4-8-11(12)14)9-5-2-1-3-6-9/h1-8,14H,13H2. The van der Waals surface area contributed by atoms with Gasteiger partial charge in [0.1, 0.15) is 0 Å². The van der Waals surface area contributed by atoms with E-state index in [1.165, 1.54) is 0 Å². The van der Waals surface area contributed by atoms with Gasteiger partial charge in [-0.3, -0.25) is 0 Å². The molecular weight excluding hydrogens is 190 g/mol. The van der Waals surface area contributed by atoms with Gasteiger partial charge in [-0.25, -0.2) is 0 Å². The molecule has 2 aromatic carbocycles. The van der Waals surface area contributed by atoms with Gasteiger partial charge in [0, 0.05) is 10.5 Å². The van der Waals surface area contributed by atoms with E-state index in [9.17, 15) is 0 Å². The van der Waals surface area contributed by atoms with Crippen LogP contribution in [0, 0.1) is 0 Å². The first-order chi connectivity index (χ1) is 6.79. The lowest BCUT2D eigenvalue weighted by Gasteiger charge is -2.07. The van der Waals surface area contributed by atoms with Crippen LogP contribution in [-0.2, 0) is 0 Å². The van der Waals surface area contributed by atoms with Crippen LogP contribution in [-0.4, -0.2) is 0 Å². The molecule has 14 heavy (non-hydrogen) atoms. The van der Waals surface area contributed by atoms with Crippen molar-refractivity contribution in [3.63, 3.8) is 0 Å². The van der Waals surface area contributed by atoms with Crippen molar-refractivity contribution in [1.82, 2.24) is 0 Å². The number of para-hydroxylation sites is 1. The number of rotatable bonds is 1. The second-order valence-corrected chi connectivity index (χ2v) is 3.59. The van der Waals surface area contributed by atoms with E-state index in [1.807, 2.05) is 48.5 Å². The Hall–Kier alpha value is -1.41. The molecule has 2 N–H and O–H groups in total. The number of hydrogen-bond acceptors (Lipinski definition) is 2. The minimum absolute atomic E-state index is 0.738. The van der Waals surface area contributed by atoms with Gasteiger partial charge in [0.15, 0.2) is 0 Å². The Labute approximate surface area is 89.0 Å². The second kappa shape index (κ2) is 3.76. The molecule has 0 atom stereocenters. The molecule has 0 aliphatic rings. The van der Waals surface area contributed by atoms with Crippen LogP contribution in [0.1, 0.15) is 0 Å². The molecule has 1 nitrogen and oxygen atoms in total. The van der Waals surface area contributed by atoms with E-state index in [0.717, 1.165) is 21.7 Å². The van der Waals surface area contributed by atoms with E-state index in [4.69, 9.17) is 5.73 Å². The van der Waals surface area contributed by atoms with Gasteiger partial charge in [0.25, 0.3) is 0 Å². The predicted octanol–water partition coefficient (Wildman–Crippen LogP) is 3.22. The van der Waals surface area contributed by atoms with Crippen molar-refractivity contribution in [2.24, 2.45) is 0 Å². The Morgan fingerprint density at radius 2 is 1.57 bits per heavy atom. The maximum absolute atomic E-state index is 5.94. The first-order valence-corrected chi connectivity index (χ1v) is 4.86. The highest BCUT2D eigenvalue weighted by Gasteiger charge is 2.03. The summed E-state index contributed by atoms with van der Waals surface area (Å²) in [7, 11) is 0. The summed E-state index contributed by atoms with van der Waals surface area (Å²) in [5.74, 6) is 0.